The number of hydrogen-bond acceptors (Lipinski definition) is 7. The number of hydrogen-bond donors (Lipinski definition) is 1. The van der Waals surface area contributed by atoms with Crippen LogP contribution in [0.25, 0.3) is 0 Å². The Labute approximate surface area is 181 Å². The molecular weight excluding hydrogens is 396 g/mol. The van der Waals surface area contributed by atoms with Gasteiger partial charge in [0, 0.05) is 24.0 Å². The summed E-state index contributed by atoms with van der Waals surface area (Å²) in [4.78, 5) is 25.1. The highest BCUT2D eigenvalue weighted by Crippen LogP contribution is 2.48. The Hall–Kier alpha value is -3.27. The minimum Gasteiger partial charge on any atom is -0.496 e. The lowest BCUT2D eigenvalue weighted by molar-refractivity contribution is -0.146. The molecule has 1 fully saturated rings. The van der Waals surface area contributed by atoms with Crippen LogP contribution in [0.2, 0.25) is 0 Å². The van der Waals surface area contributed by atoms with Gasteiger partial charge in [-0.25, -0.2) is 0 Å². The molecule has 31 heavy (non-hydrogen) atoms. The van der Waals surface area contributed by atoms with Gasteiger partial charge < -0.3 is 19.9 Å². The van der Waals surface area contributed by atoms with Crippen LogP contribution < -0.4 is 10.5 Å². The van der Waals surface area contributed by atoms with Gasteiger partial charge in [0.2, 0.25) is 5.88 Å². The lowest BCUT2D eigenvalue weighted by Crippen LogP contribution is -2.33. The van der Waals surface area contributed by atoms with E-state index in [1.54, 1.807) is 13.2 Å². The lowest BCUT2D eigenvalue weighted by Gasteiger charge is -2.37. The van der Waals surface area contributed by atoms with Crippen molar-refractivity contribution >= 4 is 11.8 Å². The molecule has 1 unspecified atom stereocenters. The van der Waals surface area contributed by atoms with E-state index in [1.807, 2.05) is 26.0 Å². The van der Waals surface area contributed by atoms with E-state index in [1.165, 1.54) is 0 Å². The fourth-order valence-corrected chi connectivity index (χ4v) is 4.29. The number of carbonyl (C=O) groups excluding carboxylic acids is 2. The van der Waals surface area contributed by atoms with E-state index in [4.69, 9.17) is 19.9 Å². The molecule has 7 nitrogen and oxygen atoms in total. The van der Waals surface area contributed by atoms with Crippen molar-refractivity contribution in [2.45, 2.75) is 52.1 Å². The molecule has 0 saturated heterocycles. The average Bonchev–Trinajstić information content (AvgIpc) is 3.55. The Kier molecular flexibility index (Phi) is 5.26. The molecule has 4 rings (SSSR count). The maximum Gasteiger partial charge on any atom is 0.309 e. The largest absolute Gasteiger partial charge is 0.496 e. The first-order valence-corrected chi connectivity index (χ1v) is 10.4. The smallest absolute Gasteiger partial charge is 0.309 e. The highest BCUT2D eigenvalue weighted by atomic mass is 16.5. The highest BCUT2D eigenvalue weighted by Gasteiger charge is 2.43. The fraction of sp³-hybridized carbons (Fsp3) is 0.458. The van der Waals surface area contributed by atoms with Gasteiger partial charge >= 0.3 is 5.97 Å². The number of nitrogens with two attached hydrogens (primary N) is 1. The van der Waals surface area contributed by atoms with Crippen LogP contribution in [-0.2, 0) is 25.7 Å². The molecule has 1 aromatic rings. The molecule has 1 atom stereocenters. The van der Waals surface area contributed by atoms with Crippen molar-refractivity contribution < 1.29 is 23.8 Å². The first-order valence-electron chi connectivity index (χ1n) is 10.4. The Morgan fingerprint density at radius 2 is 2.06 bits per heavy atom. The summed E-state index contributed by atoms with van der Waals surface area (Å²) in [5.74, 6) is 0.230. The summed E-state index contributed by atoms with van der Waals surface area (Å²) in [5, 5.41) is 9.79. The van der Waals surface area contributed by atoms with E-state index in [2.05, 4.69) is 6.07 Å². The van der Waals surface area contributed by atoms with Crippen molar-refractivity contribution in [3.63, 3.8) is 0 Å². The summed E-state index contributed by atoms with van der Waals surface area (Å²) in [6.07, 6.45) is 2.66. The number of nitrogens with zero attached hydrogens (tertiary/aromatic N) is 1. The van der Waals surface area contributed by atoms with Crippen LogP contribution in [0.4, 0.5) is 0 Å². The third-order valence-corrected chi connectivity index (χ3v) is 5.99. The first kappa shape index (κ1) is 21.0. The summed E-state index contributed by atoms with van der Waals surface area (Å²) in [6.45, 7) is 4.07. The monoisotopic (exact) mass is 422 g/mol. The minimum atomic E-state index is -0.624. The number of nitriles is 1. The van der Waals surface area contributed by atoms with E-state index >= 15 is 0 Å². The summed E-state index contributed by atoms with van der Waals surface area (Å²) in [7, 11) is 1.54. The SMILES string of the molecule is COc1ccc(C2C(C#N)=C(N)OC3=C2C(=O)CC(C)(C)C3)cc1COC(=O)C1CC1. The second-order valence-corrected chi connectivity index (χ2v) is 9.16. The summed E-state index contributed by atoms with van der Waals surface area (Å²) in [6, 6.07) is 7.51. The molecule has 1 saturated carbocycles. The number of rotatable bonds is 5. The molecule has 1 aliphatic heterocycles. The van der Waals surface area contributed by atoms with Gasteiger partial charge in [-0.1, -0.05) is 19.9 Å². The van der Waals surface area contributed by atoms with Gasteiger partial charge in [0.25, 0.3) is 0 Å². The number of ketones is 1. The van der Waals surface area contributed by atoms with Gasteiger partial charge in [0.05, 0.1) is 18.9 Å². The van der Waals surface area contributed by atoms with Crippen molar-refractivity contribution in [1.82, 2.24) is 0 Å². The zero-order chi connectivity index (χ0) is 22.3. The Bertz CT molecular complexity index is 1060. The standard InChI is InChI=1S/C24H26N2O5/c1-24(2)9-17(27)21-19(10-24)31-22(26)16(11-25)20(21)14-6-7-18(29-3)15(8-14)12-30-23(28)13-4-5-13/h6-8,13,20H,4-5,9-10,12,26H2,1-3H3. The Morgan fingerprint density at radius 3 is 2.71 bits per heavy atom. The van der Waals surface area contributed by atoms with Gasteiger partial charge in [-0.3, -0.25) is 9.59 Å². The number of carbonyl (C=O) groups is 2. The quantitative estimate of drug-likeness (QED) is 0.722. The number of benzene rings is 1. The normalized spacial score (nSPS) is 22.4. The van der Waals surface area contributed by atoms with Gasteiger partial charge in [-0.2, -0.15) is 5.26 Å². The molecule has 0 radical (unpaired) electrons. The van der Waals surface area contributed by atoms with E-state index in [9.17, 15) is 14.9 Å². The summed E-state index contributed by atoms with van der Waals surface area (Å²) >= 11 is 0. The second-order valence-electron chi connectivity index (χ2n) is 9.16. The average molecular weight is 422 g/mol. The Balaban J connectivity index is 1.74. The van der Waals surface area contributed by atoms with E-state index in [0.717, 1.165) is 12.8 Å². The molecular formula is C24H26N2O5. The zero-order valence-electron chi connectivity index (χ0n) is 18.0. The van der Waals surface area contributed by atoms with Crippen LogP contribution >= 0.6 is 0 Å². The Morgan fingerprint density at radius 1 is 1.32 bits per heavy atom. The number of ether oxygens (including phenoxy) is 3. The number of allylic oxidation sites excluding steroid dienone is 3. The third kappa shape index (κ3) is 4.02. The number of methoxy groups -OCH3 is 1. The van der Waals surface area contributed by atoms with Crippen LogP contribution in [0.5, 0.6) is 5.75 Å². The third-order valence-electron chi connectivity index (χ3n) is 5.99. The van der Waals surface area contributed by atoms with E-state index < -0.39 is 5.92 Å². The lowest BCUT2D eigenvalue weighted by atomic mass is 9.70. The maximum atomic E-state index is 13.1. The van der Waals surface area contributed by atoms with Crippen molar-refractivity contribution in [3.8, 4) is 11.8 Å². The van der Waals surface area contributed by atoms with E-state index in [0.29, 0.717) is 41.1 Å². The molecule has 0 spiro atoms. The first-order chi connectivity index (χ1) is 14.7. The van der Waals surface area contributed by atoms with Crippen molar-refractivity contribution in [3.05, 3.63) is 52.1 Å². The molecule has 0 bridgehead atoms. The van der Waals surface area contributed by atoms with Crippen LogP contribution in [0, 0.1) is 22.7 Å². The zero-order valence-corrected chi connectivity index (χ0v) is 18.0. The molecule has 2 aliphatic carbocycles. The van der Waals surface area contributed by atoms with Crippen LogP contribution in [0.1, 0.15) is 56.6 Å². The van der Waals surface area contributed by atoms with Crippen LogP contribution in [0.3, 0.4) is 0 Å². The molecule has 0 aromatic heterocycles. The van der Waals surface area contributed by atoms with Crippen LogP contribution in [0.15, 0.2) is 41.0 Å². The van der Waals surface area contributed by atoms with Gasteiger partial charge in [-0.05, 0) is 36.0 Å². The second kappa shape index (κ2) is 7.77. The highest BCUT2D eigenvalue weighted by molar-refractivity contribution is 6.00. The molecule has 3 aliphatic rings. The van der Waals surface area contributed by atoms with Crippen LogP contribution in [-0.4, -0.2) is 18.9 Å². The minimum absolute atomic E-state index is 0.00600. The van der Waals surface area contributed by atoms with E-state index in [-0.39, 0.29) is 41.1 Å². The number of esters is 1. The molecule has 0 amide bonds. The molecule has 7 heteroatoms. The van der Waals surface area contributed by atoms with Crippen molar-refractivity contribution in [1.29, 1.82) is 5.26 Å². The molecule has 1 heterocycles. The van der Waals surface area contributed by atoms with Gasteiger partial charge in [0.1, 0.15) is 29.8 Å². The maximum absolute atomic E-state index is 13.1. The van der Waals surface area contributed by atoms with Gasteiger partial charge in [0.15, 0.2) is 5.78 Å². The molecule has 162 valence electrons. The topological polar surface area (TPSA) is 112 Å². The summed E-state index contributed by atoms with van der Waals surface area (Å²) < 4.78 is 16.6. The predicted molar refractivity (Wildman–Crippen MR) is 111 cm³/mol. The fourth-order valence-electron chi connectivity index (χ4n) is 4.29. The number of Topliss-reactive ketones (excluding diaryl/α,β-unsaturated/α-hetero) is 1. The molecule has 2 N–H and O–H groups in total. The predicted octanol–water partition coefficient (Wildman–Crippen LogP) is 3.60. The summed E-state index contributed by atoms with van der Waals surface area (Å²) in [5.41, 5.74) is 7.91. The van der Waals surface area contributed by atoms with Crippen molar-refractivity contribution in [2.24, 2.45) is 17.1 Å². The molecule has 1 aromatic carbocycles. The van der Waals surface area contributed by atoms with Crippen molar-refractivity contribution in [2.75, 3.05) is 7.11 Å². The van der Waals surface area contributed by atoms with Gasteiger partial charge in [-0.15, -0.1) is 0 Å².